The van der Waals surface area contributed by atoms with E-state index in [1.54, 1.807) is 7.11 Å². The maximum Gasteiger partial charge on any atom is 0.240 e. The molecule has 2 aromatic carbocycles. The summed E-state index contributed by atoms with van der Waals surface area (Å²) in [6.45, 7) is 0.133. The highest BCUT2D eigenvalue weighted by atomic mass is 32.2. The Morgan fingerprint density at radius 2 is 1.87 bits per heavy atom. The summed E-state index contributed by atoms with van der Waals surface area (Å²) in [7, 11) is 1.29. The van der Waals surface area contributed by atoms with Crippen LogP contribution in [0.1, 0.15) is 18.0 Å². The van der Waals surface area contributed by atoms with Crippen molar-refractivity contribution in [2.45, 2.75) is 17.4 Å². The van der Waals surface area contributed by atoms with Crippen molar-refractivity contribution < 1.29 is 26.7 Å². The smallest absolute Gasteiger partial charge is 0.240 e. The van der Waals surface area contributed by atoms with Gasteiger partial charge < -0.3 is 15.0 Å². The number of carbonyl (C=O) groups excluding carboxylic acids is 1. The Bertz CT molecular complexity index is 984. The number of halogens is 2. The van der Waals surface area contributed by atoms with Gasteiger partial charge in [-0.05, 0) is 50.0 Å². The van der Waals surface area contributed by atoms with Gasteiger partial charge in [0.2, 0.25) is 15.9 Å². The number of likely N-dealkylation sites (N-methyl/N-ethyl adjacent to an activating group) is 1. The minimum Gasteiger partial charge on any atom is -0.497 e. The number of amides is 1. The standard InChI is InChI=1S/C20H25F2N3O4S/c1-25(2)19(14-5-4-6-15(11-14)29-3)13-23-20(26)9-10-24-30(27,28)16-7-8-17(21)18(22)12-16/h4-8,11-12,19,24H,9-10,13H2,1-3H3,(H,23,26). The number of benzene rings is 2. The SMILES string of the molecule is COc1cccc(C(CNC(=O)CCNS(=O)(=O)c2ccc(F)c(F)c2)N(C)C)c1. The summed E-state index contributed by atoms with van der Waals surface area (Å²) < 4.78 is 57.9. The number of ether oxygens (including phenoxy) is 1. The van der Waals surface area contributed by atoms with E-state index in [1.165, 1.54) is 0 Å². The molecule has 0 saturated heterocycles. The molecule has 7 nitrogen and oxygen atoms in total. The Labute approximate surface area is 175 Å². The van der Waals surface area contributed by atoms with Crippen molar-refractivity contribution in [3.63, 3.8) is 0 Å². The molecule has 0 aromatic heterocycles. The number of sulfonamides is 1. The van der Waals surface area contributed by atoms with E-state index in [0.717, 1.165) is 17.7 Å². The second kappa shape index (κ2) is 10.5. The molecular weight excluding hydrogens is 416 g/mol. The molecule has 0 radical (unpaired) electrons. The summed E-state index contributed by atoms with van der Waals surface area (Å²) in [5, 5.41) is 2.78. The highest BCUT2D eigenvalue weighted by molar-refractivity contribution is 7.89. The average molecular weight is 442 g/mol. The van der Waals surface area contributed by atoms with Crippen molar-refractivity contribution in [1.82, 2.24) is 14.9 Å². The van der Waals surface area contributed by atoms with Gasteiger partial charge in [-0.25, -0.2) is 21.9 Å². The van der Waals surface area contributed by atoms with Gasteiger partial charge in [0, 0.05) is 19.5 Å². The van der Waals surface area contributed by atoms with Crippen molar-refractivity contribution in [2.24, 2.45) is 0 Å². The molecule has 1 amide bonds. The molecule has 10 heteroatoms. The van der Waals surface area contributed by atoms with Crippen LogP contribution in [0.5, 0.6) is 5.75 Å². The fourth-order valence-corrected chi connectivity index (χ4v) is 3.82. The van der Waals surface area contributed by atoms with Gasteiger partial charge in [0.1, 0.15) is 5.75 Å². The number of methoxy groups -OCH3 is 1. The monoisotopic (exact) mass is 441 g/mol. The van der Waals surface area contributed by atoms with E-state index in [-0.39, 0.29) is 24.9 Å². The third-order valence-electron chi connectivity index (χ3n) is 4.44. The first-order valence-corrected chi connectivity index (χ1v) is 10.6. The Balaban J connectivity index is 1.89. The molecule has 0 aliphatic heterocycles. The van der Waals surface area contributed by atoms with Gasteiger partial charge in [-0.15, -0.1) is 0 Å². The van der Waals surface area contributed by atoms with Crippen LogP contribution >= 0.6 is 0 Å². The molecule has 0 aliphatic carbocycles. The van der Waals surface area contributed by atoms with Crippen LogP contribution in [0.25, 0.3) is 0 Å². The van der Waals surface area contributed by atoms with Crippen LogP contribution in [0.3, 0.4) is 0 Å². The topological polar surface area (TPSA) is 87.7 Å². The van der Waals surface area contributed by atoms with Crippen molar-refractivity contribution in [2.75, 3.05) is 34.3 Å². The lowest BCUT2D eigenvalue weighted by molar-refractivity contribution is -0.121. The summed E-state index contributed by atoms with van der Waals surface area (Å²) in [5.41, 5.74) is 0.957. The predicted molar refractivity (Wildman–Crippen MR) is 109 cm³/mol. The first-order valence-electron chi connectivity index (χ1n) is 9.16. The molecule has 1 unspecified atom stereocenters. The Hall–Kier alpha value is -2.56. The number of hydrogen-bond acceptors (Lipinski definition) is 5. The van der Waals surface area contributed by atoms with Crippen LogP contribution < -0.4 is 14.8 Å². The maximum absolute atomic E-state index is 13.2. The molecule has 0 bridgehead atoms. The molecule has 2 N–H and O–H groups in total. The zero-order valence-electron chi connectivity index (χ0n) is 17.0. The summed E-state index contributed by atoms with van der Waals surface area (Å²) in [6.07, 6.45) is -0.110. The van der Waals surface area contributed by atoms with Crippen LogP contribution in [0, 0.1) is 11.6 Å². The van der Waals surface area contributed by atoms with E-state index in [1.807, 2.05) is 43.3 Å². The quantitative estimate of drug-likeness (QED) is 0.589. The molecule has 0 aliphatic rings. The zero-order valence-corrected chi connectivity index (χ0v) is 17.8. The summed E-state index contributed by atoms with van der Waals surface area (Å²) >= 11 is 0. The van der Waals surface area contributed by atoms with Gasteiger partial charge >= 0.3 is 0 Å². The summed E-state index contributed by atoms with van der Waals surface area (Å²) in [6, 6.07) is 9.67. The Kier molecular flexibility index (Phi) is 8.27. The molecule has 2 aromatic rings. The lowest BCUT2D eigenvalue weighted by atomic mass is 10.1. The fourth-order valence-electron chi connectivity index (χ4n) is 2.77. The van der Waals surface area contributed by atoms with E-state index < -0.39 is 26.6 Å². The van der Waals surface area contributed by atoms with Gasteiger partial charge in [0.25, 0.3) is 0 Å². The molecule has 30 heavy (non-hydrogen) atoms. The Morgan fingerprint density at radius 3 is 2.50 bits per heavy atom. The van der Waals surface area contributed by atoms with Gasteiger partial charge in [-0.1, -0.05) is 12.1 Å². The first kappa shape index (κ1) is 23.7. The van der Waals surface area contributed by atoms with Gasteiger partial charge in [-0.2, -0.15) is 0 Å². The van der Waals surface area contributed by atoms with Crippen LogP contribution in [-0.4, -0.2) is 53.5 Å². The minimum absolute atomic E-state index is 0.108. The molecule has 0 saturated carbocycles. The van der Waals surface area contributed by atoms with Crippen molar-refractivity contribution in [1.29, 1.82) is 0 Å². The lowest BCUT2D eigenvalue weighted by Crippen LogP contribution is -2.36. The molecular formula is C20H25F2N3O4S. The molecule has 0 fully saturated rings. The van der Waals surface area contributed by atoms with E-state index >= 15 is 0 Å². The van der Waals surface area contributed by atoms with Crippen LogP contribution in [0.4, 0.5) is 8.78 Å². The lowest BCUT2D eigenvalue weighted by Gasteiger charge is -2.25. The van der Waals surface area contributed by atoms with Gasteiger partial charge in [0.15, 0.2) is 11.6 Å². The molecule has 1 atom stereocenters. The highest BCUT2D eigenvalue weighted by Crippen LogP contribution is 2.22. The number of rotatable bonds is 10. The normalized spacial score (nSPS) is 12.6. The second-order valence-electron chi connectivity index (χ2n) is 6.78. The van der Waals surface area contributed by atoms with E-state index in [9.17, 15) is 22.0 Å². The second-order valence-corrected chi connectivity index (χ2v) is 8.55. The minimum atomic E-state index is -4.05. The molecule has 164 valence electrons. The third kappa shape index (κ3) is 6.48. The van der Waals surface area contributed by atoms with Gasteiger partial charge in [0.05, 0.1) is 18.0 Å². The summed E-state index contributed by atoms with van der Waals surface area (Å²) in [5.74, 6) is -2.04. The van der Waals surface area contributed by atoms with E-state index in [0.29, 0.717) is 18.4 Å². The number of carbonyl (C=O) groups is 1. The number of hydrogen-bond donors (Lipinski definition) is 2. The van der Waals surface area contributed by atoms with Crippen molar-refractivity contribution in [3.05, 3.63) is 59.7 Å². The summed E-state index contributed by atoms with van der Waals surface area (Å²) in [4.78, 5) is 13.7. The highest BCUT2D eigenvalue weighted by Gasteiger charge is 2.18. The van der Waals surface area contributed by atoms with Crippen molar-refractivity contribution in [3.8, 4) is 5.75 Å². The number of nitrogens with one attached hydrogen (secondary N) is 2. The molecule has 0 spiro atoms. The van der Waals surface area contributed by atoms with E-state index in [2.05, 4.69) is 10.0 Å². The largest absolute Gasteiger partial charge is 0.497 e. The van der Waals surface area contributed by atoms with Crippen LogP contribution in [0.2, 0.25) is 0 Å². The zero-order chi connectivity index (χ0) is 22.3. The van der Waals surface area contributed by atoms with Crippen LogP contribution in [-0.2, 0) is 14.8 Å². The van der Waals surface area contributed by atoms with Gasteiger partial charge in [-0.3, -0.25) is 4.79 Å². The van der Waals surface area contributed by atoms with Crippen molar-refractivity contribution >= 4 is 15.9 Å². The molecule has 0 heterocycles. The first-order chi connectivity index (χ1) is 14.1. The average Bonchev–Trinajstić information content (AvgIpc) is 2.70. The van der Waals surface area contributed by atoms with Crippen LogP contribution in [0.15, 0.2) is 47.4 Å². The van der Waals surface area contributed by atoms with E-state index in [4.69, 9.17) is 4.74 Å². The fraction of sp³-hybridized carbons (Fsp3) is 0.350. The Morgan fingerprint density at radius 1 is 1.13 bits per heavy atom. The third-order valence-corrected chi connectivity index (χ3v) is 5.90. The maximum atomic E-state index is 13.2. The molecule has 2 rings (SSSR count). The number of nitrogens with zero attached hydrogens (tertiary/aromatic N) is 1. The predicted octanol–water partition coefficient (Wildman–Crippen LogP) is 2.06.